The lowest BCUT2D eigenvalue weighted by molar-refractivity contribution is 0.0913. The van der Waals surface area contributed by atoms with Crippen molar-refractivity contribution in [3.05, 3.63) is 23.0 Å². The van der Waals surface area contributed by atoms with Crippen LogP contribution in [-0.2, 0) is 0 Å². The molecule has 1 rings (SSSR count). The second-order valence-electron chi connectivity index (χ2n) is 4.10. The third-order valence-corrected chi connectivity index (χ3v) is 2.37. The Morgan fingerprint density at radius 1 is 1.56 bits per heavy atom. The lowest BCUT2D eigenvalue weighted by atomic mass is 10.3. The van der Waals surface area contributed by atoms with Gasteiger partial charge in [0.05, 0.1) is 11.1 Å². The molecule has 0 spiro atoms. The van der Waals surface area contributed by atoms with Crippen molar-refractivity contribution in [3.8, 4) is 0 Å². The van der Waals surface area contributed by atoms with Crippen LogP contribution in [0.5, 0.6) is 0 Å². The molecule has 16 heavy (non-hydrogen) atoms. The molecular formula is C11H17ClN2O2. The van der Waals surface area contributed by atoms with Crippen molar-refractivity contribution in [1.29, 1.82) is 0 Å². The molecule has 1 heterocycles. The van der Waals surface area contributed by atoms with Crippen molar-refractivity contribution in [2.75, 3.05) is 6.54 Å². The van der Waals surface area contributed by atoms with Gasteiger partial charge in [0.1, 0.15) is 5.69 Å². The topological polar surface area (TPSA) is 54.3 Å². The van der Waals surface area contributed by atoms with E-state index in [4.69, 9.17) is 16.7 Å². The Kier molecular flexibility index (Phi) is 4.38. The maximum atomic E-state index is 11.8. The molecule has 0 fully saturated rings. The monoisotopic (exact) mass is 244 g/mol. The summed E-state index contributed by atoms with van der Waals surface area (Å²) in [6, 6.07) is 1.79. The number of carbonyl (C=O) groups is 1. The van der Waals surface area contributed by atoms with Gasteiger partial charge in [-0.3, -0.25) is 4.79 Å². The summed E-state index contributed by atoms with van der Waals surface area (Å²) in [5.41, 5.74) is 0.514. The summed E-state index contributed by atoms with van der Waals surface area (Å²) in [5.74, 6) is -0.221. The Hall–Kier alpha value is -1.00. The van der Waals surface area contributed by atoms with E-state index in [0.29, 0.717) is 10.7 Å². The smallest absolute Gasteiger partial charge is 0.268 e. The number of aliphatic hydroxyl groups is 1. The van der Waals surface area contributed by atoms with Crippen LogP contribution >= 0.6 is 11.6 Å². The van der Waals surface area contributed by atoms with Gasteiger partial charge in [-0.05, 0) is 26.8 Å². The molecule has 0 saturated carbocycles. The van der Waals surface area contributed by atoms with Crippen LogP contribution in [0.15, 0.2) is 12.3 Å². The van der Waals surface area contributed by atoms with E-state index in [9.17, 15) is 4.79 Å². The fourth-order valence-electron chi connectivity index (χ4n) is 1.39. The van der Waals surface area contributed by atoms with Gasteiger partial charge in [-0.2, -0.15) is 0 Å². The molecule has 0 aromatic carbocycles. The van der Waals surface area contributed by atoms with Crippen molar-refractivity contribution in [3.63, 3.8) is 0 Å². The molecule has 0 radical (unpaired) electrons. The maximum Gasteiger partial charge on any atom is 0.268 e. The van der Waals surface area contributed by atoms with Crippen molar-refractivity contribution < 1.29 is 9.90 Å². The Labute approximate surface area is 100 Å². The first kappa shape index (κ1) is 13.1. The number of rotatable bonds is 4. The number of carbonyl (C=O) groups excluding carboxylic acids is 1. The second-order valence-corrected chi connectivity index (χ2v) is 4.54. The van der Waals surface area contributed by atoms with Crippen molar-refractivity contribution >= 4 is 17.5 Å². The lowest BCUT2D eigenvalue weighted by Gasteiger charge is -2.13. The van der Waals surface area contributed by atoms with Gasteiger partial charge in [0.25, 0.3) is 5.91 Å². The molecule has 1 aromatic heterocycles. The molecule has 0 aliphatic carbocycles. The molecule has 2 N–H and O–H groups in total. The zero-order valence-electron chi connectivity index (χ0n) is 9.70. The van der Waals surface area contributed by atoms with Crippen LogP contribution in [0.2, 0.25) is 5.02 Å². The number of aliphatic hydroxyl groups excluding tert-OH is 1. The zero-order chi connectivity index (χ0) is 12.3. The Morgan fingerprint density at radius 2 is 2.19 bits per heavy atom. The van der Waals surface area contributed by atoms with Crippen LogP contribution in [0.1, 0.15) is 37.3 Å². The minimum atomic E-state index is -0.554. The maximum absolute atomic E-state index is 11.8. The summed E-state index contributed by atoms with van der Waals surface area (Å²) < 4.78 is 1.81. The van der Waals surface area contributed by atoms with Crippen LogP contribution in [0.4, 0.5) is 0 Å². The molecule has 0 bridgehead atoms. The quantitative estimate of drug-likeness (QED) is 0.849. The molecule has 5 heteroatoms. The summed E-state index contributed by atoms with van der Waals surface area (Å²) in [4.78, 5) is 11.8. The number of amides is 1. The van der Waals surface area contributed by atoms with Crippen LogP contribution in [-0.4, -0.2) is 28.2 Å². The van der Waals surface area contributed by atoms with Crippen LogP contribution < -0.4 is 5.32 Å². The first-order valence-corrected chi connectivity index (χ1v) is 5.63. The van der Waals surface area contributed by atoms with E-state index in [1.807, 2.05) is 13.8 Å². The largest absolute Gasteiger partial charge is 0.392 e. The highest BCUT2D eigenvalue weighted by atomic mass is 35.5. The SMILES string of the molecule is CC(O)CNC(=O)c1cc(Cl)cn1C(C)C. The number of hydrogen-bond donors (Lipinski definition) is 2. The summed E-state index contributed by atoms with van der Waals surface area (Å²) >= 11 is 5.87. The van der Waals surface area contributed by atoms with E-state index in [0.717, 1.165) is 0 Å². The third kappa shape index (κ3) is 3.25. The van der Waals surface area contributed by atoms with Gasteiger partial charge in [-0.25, -0.2) is 0 Å². The van der Waals surface area contributed by atoms with E-state index in [-0.39, 0.29) is 18.5 Å². The number of halogens is 1. The standard InChI is InChI=1S/C11H17ClN2O2/c1-7(2)14-6-9(12)4-10(14)11(16)13-5-8(3)15/h4,6-8,15H,5H2,1-3H3,(H,13,16). The van der Waals surface area contributed by atoms with Crippen molar-refractivity contribution in [2.45, 2.75) is 32.9 Å². The van der Waals surface area contributed by atoms with Gasteiger partial charge in [0.15, 0.2) is 0 Å². The molecule has 90 valence electrons. The summed E-state index contributed by atoms with van der Waals surface area (Å²) in [6.45, 7) is 5.80. The molecule has 1 atom stereocenters. The van der Waals surface area contributed by atoms with Gasteiger partial charge in [0.2, 0.25) is 0 Å². The molecule has 0 aliphatic rings. The first-order valence-electron chi connectivity index (χ1n) is 5.25. The minimum Gasteiger partial charge on any atom is -0.392 e. The third-order valence-electron chi connectivity index (χ3n) is 2.16. The average molecular weight is 245 g/mol. The van der Waals surface area contributed by atoms with Crippen molar-refractivity contribution in [2.24, 2.45) is 0 Å². The minimum absolute atomic E-state index is 0.166. The number of hydrogen-bond acceptors (Lipinski definition) is 2. The van der Waals surface area contributed by atoms with Crippen molar-refractivity contribution in [1.82, 2.24) is 9.88 Å². The van der Waals surface area contributed by atoms with E-state index in [1.165, 1.54) is 0 Å². The normalized spacial score (nSPS) is 12.9. The summed E-state index contributed by atoms with van der Waals surface area (Å²) in [7, 11) is 0. The summed E-state index contributed by atoms with van der Waals surface area (Å²) in [5, 5.41) is 12.3. The van der Waals surface area contributed by atoms with E-state index in [2.05, 4.69) is 5.32 Å². The molecule has 1 aromatic rings. The molecule has 1 amide bonds. The van der Waals surface area contributed by atoms with E-state index >= 15 is 0 Å². The molecule has 0 aliphatic heterocycles. The Bertz CT molecular complexity index is 372. The number of nitrogens with one attached hydrogen (secondary N) is 1. The van der Waals surface area contributed by atoms with Crippen LogP contribution in [0.3, 0.4) is 0 Å². The molecule has 4 nitrogen and oxygen atoms in total. The highest BCUT2D eigenvalue weighted by Crippen LogP contribution is 2.18. The van der Waals surface area contributed by atoms with Gasteiger partial charge in [-0.15, -0.1) is 0 Å². The summed E-state index contributed by atoms with van der Waals surface area (Å²) in [6.07, 6.45) is 1.17. The number of nitrogens with zero attached hydrogens (tertiary/aromatic N) is 1. The second kappa shape index (κ2) is 5.37. The first-order chi connectivity index (χ1) is 7.41. The highest BCUT2D eigenvalue weighted by molar-refractivity contribution is 6.31. The predicted octanol–water partition coefficient (Wildman–Crippen LogP) is 1.83. The van der Waals surface area contributed by atoms with E-state index < -0.39 is 6.10 Å². The average Bonchev–Trinajstić information content (AvgIpc) is 2.56. The highest BCUT2D eigenvalue weighted by Gasteiger charge is 2.14. The van der Waals surface area contributed by atoms with Crippen LogP contribution in [0.25, 0.3) is 0 Å². The molecule has 0 saturated heterocycles. The lowest BCUT2D eigenvalue weighted by Crippen LogP contribution is -2.32. The number of aromatic nitrogens is 1. The predicted molar refractivity (Wildman–Crippen MR) is 63.8 cm³/mol. The molecule has 1 unspecified atom stereocenters. The van der Waals surface area contributed by atoms with Gasteiger partial charge in [-0.1, -0.05) is 11.6 Å². The fourth-order valence-corrected chi connectivity index (χ4v) is 1.59. The van der Waals surface area contributed by atoms with Gasteiger partial charge >= 0.3 is 0 Å². The Balaban J connectivity index is 2.82. The zero-order valence-corrected chi connectivity index (χ0v) is 10.5. The molecular weight excluding hydrogens is 228 g/mol. The van der Waals surface area contributed by atoms with E-state index in [1.54, 1.807) is 23.8 Å². The van der Waals surface area contributed by atoms with Gasteiger partial charge < -0.3 is 15.0 Å². The Morgan fingerprint density at radius 3 is 2.69 bits per heavy atom. The fraction of sp³-hybridized carbons (Fsp3) is 0.545. The van der Waals surface area contributed by atoms with Gasteiger partial charge in [0, 0.05) is 18.8 Å². The van der Waals surface area contributed by atoms with Crippen LogP contribution in [0, 0.1) is 0 Å².